The van der Waals surface area contributed by atoms with E-state index in [1.54, 1.807) is 0 Å². The van der Waals surface area contributed by atoms with Crippen LogP contribution >= 0.6 is 0 Å². The number of benzene rings is 1. The van der Waals surface area contributed by atoms with E-state index in [2.05, 4.69) is 27.4 Å². The number of imidazole rings is 1. The fourth-order valence-electron chi connectivity index (χ4n) is 1.28. The first kappa shape index (κ1) is 8.81. The predicted molar refractivity (Wildman–Crippen MR) is 57.1 cm³/mol. The second kappa shape index (κ2) is 3.96. The van der Waals surface area contributed by atoms with Crippen molar-refractivity contribution in [2.75, 3.05) is 5.32 Å². The molecule has 0 unspecified atom stereocenters. The lowest BCUT2D eigenvalue weighted by atomic mass is 10.2. The molecule has 1 heterocycles. The summed E-state index contributed by atoms with van der Waals surface area (Å²) in [6.07, 6.45) is 1.81. The molecule has 2 rings (SSSR count). The molecule has 72 valence electrons. The maximum absolute atomic E-state index is 4.16. The molecule has 0 saturated carbocycles. The Morgan fingerprint density at radius 1 is 1.29 bits per heavy atom. The molecule has 3 nitrogen and oxygen atoms in total. The zero-order valence-electron chi connectivity index (χ0n) is 8.12. The maximum atomic E-state index is 4.16. The number of aromatic amines is 1. The minimum Gasteiger partial charge on any atom is -0.352 e. The molecule has 0 spiro atoms. The zero-order chi connectivity index (χ0) is 9.80. The number of nitrogens with zero attached hydrogens (tertiary/aromatic N) is 1. The van der Waals surface area contributed by atoms with E-state index in [1.807, 2.05) is 31.3 Å². The van der Waals surface area contributed by atoms with Gasteiger partial charge < -0.3 is 10.3 Å². The summed E-state index contributed by atoms with van der Waals surface area (Å²) in [7, 11) is 0. The number of aryl methyl sites for hydroxylation is 1. The van der Waals surface area contributed by atoms with Crippen molar-refractivity contribution in [1.82, 2.24) is 9.97 Å². The van der Waals surface area contributed by atoms with Gasteiger partial charge in [-0.2, -0.15) is 0 Å². The highest BCUT2D eigenvalue weighted by atomic mass is 15.1. The second-order valence-electron chi connectivity index (χ2n) is 3.25. The highest BCUT2D eigenvalue weighted by molar-refractivity contribution is 5.28. The van der Waals surface area contributed by atoms with E-state index in [-0.39, 0.29) is 0 Å². The molecule has 3 heteroatoms. The van der Waals surface area contributed by atoms with Gasteiger partial charge in [0.05, 0.1) is 0 Å². The van der Waals surface area contributed by atoms with Crippen molar-refractivity contribution in [2.45, 2.75) is 13.5 Å². The summed E-state index contributed by atoms with van der Waals surface area (Å²) in [6.45, 7) is 2.79. The van der Waals surface area contributed by atoms with Gasteiger partial charge in [0.2, 0.25) is 5.95 Å². The van der Waals surface area contributed by atoms with Gasteiger partial charge >= 0.3 is 0 Å². The van der Waals surface area contributed by atoms with Gasteiger partial charge in [0.1, 0.15) is 0 Å². The molecule has 0 saturated heterocycles. The van der Waals surface area contributed by atoms with Gasteiger partial charge in [-0.3, -0.25) is 0 Å². The molecule has 0 amide bonds. The van der Waals surface area contributed by atoms with Crippen LogP contribution in [0.5, 0.6) is 0 Å². The summed E-state index contributed by atoms with van der Waals surface area (Å²) >= 11 is 0. The van der Waals surface area contributed by atoms with Gasteiger partial charge in [0, 0.05) is 18.4 Å². The first-order valence-electron chi connectivity index (χ1n) is 4.64. The molecule has 14 heavy (non-hydrogen) atoms. The molecular weight excluding hydrogens is 174 g/mol. The van der Waals surface area contributed by atoms with Crippen molar-refractivity contribution in [2.24, 2.45) is 0 Å². The molecule has 0 aliphatic heterocycles. The van der Waals surface area contributed by atoms with E-state index in [0.29, 0.717) is 0 Å². The van der Waals surface area contributed by atoms with Crippen molar-refractivity contribution < 1.29 is 0 Å². The molecular formula is C11H13N3. The molecule has 0 atom stereocenters. The van der Waals surface area contributed by atoms with Crippen LogP contribution in [0.4, 0.5) is 5.95 Å². The normalized spacial score (nSPS) is 10.1. The number of nitrogens with one attached hydrogen (secondary N) is 2. The lowest BCUT2D eigenvalue weighted by Crippen LogP contribution is -2.00. The lowest BCUT2D eigenvalue weighted by molar-refractivity contribution is 1.09. The second-order valence-corrected chi connectivity index (χ2v) is 3.25. The Kier molecular flexibility index (Phi) is 2.49. The largest absolute Gasteiger partial charge is 0.352 e. The fourth-order valence-corrected chi connectivity index (χ4v) is 1.28. The van der Waals surface area contributed by atoms with Crippen molar-refractivity contribution in [3.8, 4) is 0 Å². The van der Waals surface area contributed by atoms with Gasteiger partial charge in [0.25, 0.3) is 0 Å². The Balaban J connectivity index is 1.95. The number of rotatable bonds is 3. The lowest BCUT2D eigenvalue weighted by Gasteiger charge is -2.01. The predicted octanol–water partition coefficient (Wildman–Crippen LogP) is 2.33. The van der Waals surface area contributed by atoms with E-state index < -0.39 is 0 Å². The monoisotopic (exact) mass is 187 g/mol. The summed E-state index contributed by atoms with van der Waals surface area (Å²) in [4.78, 5) is 7.29. The van der Waals surface area contributed by atoms with E-state index in [9.17, 15) is 0 Å². The topological polar surface area (TPSA) is 40.7 Å². The van der Waals surface area contributed by atoms with Crippen LogP contribution in [0.15, 0.2) is 36.5 Å². The molecule has 2 aromatic rings. The molecule has 0 fully saturated rings. The number of hydrogen-bond donors (Lipinski definition) is 2. The zero-order valence-corrected chi connectivity index (χ0v) is 8.12. The maximum Gasteiger partial charge on any atom is 0.200 e. The Bertz CT molecular complexity index is 392. The van der Waals surface area contributed by atoms with Crippen molar-refractivity contribution in [1.29, 1.82) is 0 Å². The number of H-pyrrole nitrogens is 1. The molecule has 0 radical (unpaired) electrons. The summed E-state index contributed by atoms with van der Waals surface area (Å²) < 4.78 is 0. The SMILES string of the molecule is Cc1cnc(NCc2ccccc2)[nH]1. The van der Waals surface area contributed by atoms with Crippen LogP contribution < -0.4 is 5.32 Å². The van der Waals surface area contributed by atoms with Gasteiger partial charge in [-0.25, -0.2) is 4.98 Å². The van der Waals surface area contributed by atoms with Crippen LogP contribution in [0.3, 0.4) is 0 Å². The minimum atomic E-state index is 0.799. The van der Waals surface area contributed by atoms with E-state index in [1.165, 1.54) is 5.56 Å². The van der Waals surface area contributed by atoms with Crippen LogP contribution in [0, 0.1) is 6.92 Å². The van der Waals surface area contributed by atoms with Crippen LogP contribution in [-0.4, -0.2) is 9.97 Å². The third-order valence-corrected chi connectivity index (χ3v) is 2.01. The van der Waals surface area contributed by atoms with Gasteiger partial charge in [-0.15, -0.1) is 0 Å². The summed E-state index contributed by atoms with van der Waals surface area (Å²) in [5, 5.41) is 3.22. The third-order valence-electron chi connectivity index (χ3n) is 2.01. The molecule has 1 aromatic heterocycles. The minimum absolute atomic E-state index is 0.799. The fraction of sp³-hybridized carbons (Fsp3) is 0.182. The summed E-state index contributed by atoms with van der Waals surface area (Å²) in [6, 6.07) is 10.3. The standard InChI is InChI=1S/C11H13N3/c1-9-7-12-11(14-9)13-8-10-5-3-2-4-6-10/h2-7H,8H2,1H3,(H2,12,13,14). The quantitative estimate of drug-likeness (QED) is 0.774. The smallest absolute Gasteiger partial charge is 0.200 e. The van der Waals surface area contributed by atoms with Crippen LogP contribution in [0.1, 0.15) is 11.3 Å². The molecule has 0 aliphatic rings. The van der Waals surface area contributed by atoms with Crippen LogP contribution in [0.25, 0.3) is 0 Å². The summed E-state index contributed by atoms with van der Waals surface area (Å²) in [5.74, 6) is 0.825. The molecule has 0 bridgehead atoms. The Morgan fingerprint density at radius 3 is 2.71 bits per heavy atom. The molecule has 2 N–H and O–H groups in total. The van der Waals surface area contributed by atoms with E-state index in [4.69, 9.17) is 0 Å². The Labute approximate surface area is 83.2 Å². The van der Waals surface area contributed by atoms with Crippen molar-refractivity contribution in [3.63, 3.8) is 0 Å². The average Bonchev–Trinajstić information content (AvgIpc) is 2.63. The Morgan fingerprint density at radius 2 is 2.07 bits per heavy atom. The van der Waals surface area contributed by atoms with Crippen LogP contribution in [-0.2, 0) is 6.54 Å². The van der Waals surface area contributed by atoms with Gasteiger partial charge in [-0.05, 0) is 12.5 Å². The first-order chi connectivity index (χ1) is 6.84. The number of aromatic nitrogens is 2. The first-order valence-corrected chi connectivity index (χ1v) is 4.64. The van der Waals surface area contributed by atoms with E-state index >= 15 is 0 Å². The van der Waals surface area contributed by atoms with Gasteiger partial charge in [0.15, 0.2) is 0 Å². The highest BCUT2D eigenvalue weighted by Crippen LogP contribution is 2.04. The summed E-state index contributed by atoms with van der Waals surface area (Å²) in [5.41, 5.74) is 2.32. The van der Waals surface area contributed by atoms with Gasteiger partial charge in [-0.1, -0.05) is 30.3 Å². The van der Waals surface area contributed by atoms with Crippen molar-refractivity contribution >= 4 is 5.95 Å². The van der Waals surface area contributed by atoms with Crippen molar-refractivity contribution in [3.05, 3.63) is 47.8 Å². The average molecular weight is 187 g/mol. The van der Waals surface area contributed by atoms with E-state index in [0.717, 1.165) is 18.2 Å². The number of anilines is 1. The molecule has 0 aliphatic carbocycles. The Hall–Kier alpha value is -1.77. The van der Waals surface area contributed by atoms with Crippen LogP contribution in [0.2, 0.25) is 0 Å². The third kappa shape index (κ3) is 2.13. The number of hydrogen-bond acceptors (Lipinski definition) is 2. The highest BCUT2D eigenvalue weighted by Gasteiger charge is 1.95. The molecule has 1 aromatic carbocycles.